The molecule has 0 unspecified atom stereocenters. The molecule has 21 heavy (non-hydrogen) atoms. The minimum Gasteiger partial charge on any atom is -0.351 e. The van der Waals surface area contributed by atoms with Crippen molar-refractivity contribution in [2.45, 2.75) is 43.0 Å². The Morgan fingerprint density at radius 3 is 2.62 bits per heavy atom. The maximum absolute atomic E-state index is 12.2. The molecule has 6 heteroatoms. The number of hydrogen-bond acceptors (Lipinski definition) is 4. The van der Waals surface area contributed by atoms with E-state index in [0.717, 1.165) is 18.4 Å². The van der Waals surface area contributed by atoms with Gasteiger partial charge in [-0.2, -0.15) is 8.42 Å². The third-order valence-corrected chi connectivity index (χ3v) is 5.60. The van der Waals surface area contributed by atoms with Crippen molar-refractivity contribution in [3.05, 3.63) is 29.8 Å². The van der Waals surface area contributed by atoms with E-state index >= 15 is 0 Å². The minimum atomic E-state index is -3.55. The lowest BCUT2D eigenvalue weighted by atomic mass is 9.93. The average Bonchev–Trinajstić information content (AvgIpc) is 2.78. The van der Waals surface area contributed by atoms with Crippen LogP contribution in [0.2, 0.25) is 0 Å². The fourth-order valence-electron chi connectivity index (χ4n) is 3.29. The van der Waals surface area contributed by atoms with Crippen LogP contribution in [0.5, 0.6) is 0 Å². The number of hydrogen-bond donors (Lipinski definition) is 1. The highest BCUT2D eigenvalue weighted by molar-refractivity contribution is 7.90. The molecule has 1 aromatic carbocycles. The maximum atomic E-state index is 12.2. The van der Waals surface area contributed by atoms with Crippen LogP contribution in [0.25, 0.3) is 0 Å². The molecule has 0 spiro atoms. The molecule has 5 nitrogen and oxygen atoms in total. The zero-order valence-corrected chi connectivity index (χ0v) is 12.8. The van der Waals surface area contributed by atoms with Crippen molar-refractivity contribution >= 4 is 15.9 Å². The number of nitrogens with zero attached hydrogens (tertiary/aromatic N) is 2. The third-order valence-electron chi connectivity index (χ3n) is 4.27. The van der Waals surface area contributed by atoms with Gasteiger partial charge >= 0.3 is 0 Å². The van der Waals surface area contributed by atoms with Crippen LogP contribution < -0.4 is 5.73 Å². The molecule has 1 aliphatic carbocycles. The predicted molar refractivity (Wildman–Crippen MR) is 82.8 cm³/mol. The number of fused-ring (bicyclic) bond motifs is 1. The summed E-state index contributed by atoms with van der Waals surface area (Å²) in [4.78, 5) is 2.43. The van der Waals surface area contributed by atoms with Gasteiger partial charge in [0, 0.05) is 24.7 Å². The van der Waals surface area contributed by atoms with Crippen LogP contribution in [0.1, 0.15) is 37.7 Å². The molecule has 0 aromatic heterocycles. The quantitative estimate of drug-likeness (QED) is 0.922. The van der Waals surface area contributed by atoms with Gasteiger partial charge in [0.2, 0.25) is 0 Å². The van der Waals surface area contributed by atoms with Crippen LogP contribution in [0.4, 0.5) is 0 Å². The van der Waals surface area contributed by atoms with Gasteiger partial charge in [-0.3, -0.25) is 0 Å². The first-order valence-corrected chi connectivity index (χ1v) is 8.98. The second-order valence-corrected chi connectivity index (χ2v) is 7.23. The van der Waals surface area contributed by atoms with Crippen molar-refractivity contribution in [2.75, 3.05) is 13.1 Å². The Morgan fingerprint density at radius 2 is 1.90 bits per heavy atom. The number of sulfonamides is 1. The van der Waals surface area contributed by atoms with Crippen molar-refractivity contribution in [1.29, 1.82) is 0 Å². The SMILES string of the molecule is NCCN(C1=NS(=O)(=O)c2ccccc21)C1CCCCC1. The lowest BCUT2D eigenvalue weighted by Crippen LogP contribution is -2.44. The monoisotopic (exact) mass is 307 g/mol. The molecule has 2 aliphatic rings. The van der Waals surface area contributed by atoms with Gasteiger partial charge in [-0.25, -0.2) is 0 Å². The lowest BCUT2D eigenvalue weighted by molar-refractivity contribution is 0.249. The van der Waals surface area contributed by atoms with E-state index in [0.29, 0.717) is 29.9 Å². The molecule has 1 fully saturated rings. The van der Waals surface area contributed by atoms with Gasteiger partial charge in [-0.05, 0) is 25.0 Å². The summed E-state index contributed by atoms with van der Waals surface area (Å²) in [6.45, 7) is 1.14. The van der Waals surface area contributed by atoms with Gasteiger partial charge in [-0.1, -0.05) is 31.4 Å². The van der Waals surface area contributed by atoms with Crippen LogP contribution in [0.15, 0.2) is 33.6 Å². The summed E-state index contributed by atoms with van der Waals surface area (Å²) in [7, 11) is -3.55. The summed E-state index contributed by atoms with van der Waals surface area (Å²) in [6.07, 6.45) is 5.80. The van der Waals surface area contributed by atoms with E-state index in [1.165, 1.54) is 19.3 Å². The van der Waals surface area contributed by atoms with Gasteiger partial charge in [0.1, 0.15) is 4.90 Å². The molecule has 1 aliphatic heterocycles. The van der Waals surface area contributed by atoms with Crippen LogP contribution in [-0.4, -0.2) is 38.3 Å². The summed E-state index contributed by atoms with van der Waals surface area (Å²) < 4.78 is 28.5. The molecule has 0 atom stereocenters. The molecule has 3 rings (SSSR count). The van der Waals surface area contributed by atoms with E-state index < -0.39 is 10.0 Å². The Hall–Kier alpha value is -1.40. The zero-order chi connectivity index (χ0) is 14.9. The summed E-state index contributed by atoms with van der Waals surface area (Å²) in [6, 6.07) is 7.41. The summed E-state index contributed by atoms with van der Waals surface area (Å²) in [5.41, 5.74) is 6.46. The normalized spacial score (nSPS) is 20.9. The van der Waals surface area contributed by atoms with E-state index in [2.05, 4.69) is 9.30 Å². The highest BCUT2D eigenvalue weighted by atomic mass is 32.2. The summed E-state index contributed by atoms with van der Waals surface area (Å²) in [5, 5.41) is 0. The minimum absolute atomic E-state index is 0.317. The van der Waals surface area contributed by atoms with Gasteiger partial charge in [0.25, 0.3) is 10.0 Å². The van der Waals surface area contributed by atoms with Crippen LogP contribution in [0.3, 0.4) is 0 Å². The van der Waals surface area contributed by atoms with Crippen LogP contribution in [-0.2, 0) is 10.0 Å². The Kier molecular flexibility index (Phi) is 3.99. The van der Waals surface area contributed by atoms with Gasteiger partial charge in [-0.15, -0.1) is 4.40 Å². The van der Waals surface area contributed by atoms with Crippen molar-refractivity contribution in [3.8, 4) is 0 Å². The first-order chi connectivity index (χ1) is 10.1. The van der Waals surface area contributed by atoms with E-state index in [4.69, 9.17) is 5.73 Å². The van der Waals surface area contributed by atoms with Crippen molar-refractivity contribution in [1.82, 2.24) is 4.90 Å². The zero-order valence-electron chi connectivity index (χ0n) is 12.0. The first kappa shape index (κ1) is 14.5. The third kappa shape index (κ3) is 2.70. The maximum Gasteiger partial charge on any atom is 0.285 e. The topological polar surface area (TPSA) is 75.8 Å². The average molecular weight is 307 g/mol. The molecule has 114 valence electrons. The molecule has 1 aromatic rings. The Morgan fingerprint density at radius 1 is 1.19 bits per heavy atom. The van der Waals surface area contributed by atoms with E-state index in [9.17, 15) is 8.42 Å². The molecular formula is C15H21N3O2S. The van der Waals surface area contributed by atoms with Gasteiger partial charge in [0.05, 0.1) is 0 Å². The summed E-state index contributed by atoms with van der Waals surface area (Å²) in [5.74, 6) is 0.586. The van der Waals surface area contributed by atoms with Gasteiger partial charge in [0.15, 0.2) is 5.84 Å². The largest absolute Gasteiger partial charge is 0.351 e. The number of amidine groups is 1. The molecule has 1 saturated carbocycles. The highest BCUT2D eigenvalue weighted by Gasteiger charge is 2.34. The van der Waals surface area contributed by atoms with E-state index in [-0.39, 0.29) is 0 Å². The molecule has 0 radical (unpaired) electrons. The Labute approximate surface area is 125 Å². The lowest BCUT2D eigenvalue weighted by Gasteiger charge is -2.35. The van der Waals surface area contributed by atoms with Crippen LogP contribution in [0, 0.1) is 0 Å². The number of rotatable bonds is 3. The standard InChI is InChI=1S/C15H21N3O2S/c16-10-11-18(12-6-2-1-3-7-12)15-13-8-4-5-9-14(13)21(19,20)17-15/h4-5,8-9,12H,1-3,6-7,10-11,16H2. The van der Waals surface area contributed by atoms with E-state index in [1.54, 1.807) is 12.1 Å². The molecule has 0 bridgehead atoms. The van der Waals surface area contributed by atoms with E-state index in [1.807, 2.05) is 12.1 Å². The second kappa shape index (κ2) is 5.77. The second-order valence-electron chi connectivity index (χ2n) is 5.66. The fraction of sp³-hybridized carbons (Fsp3) is 0.533. The number of nitrogens with two attached hydrogens (primary N) is 1. The van der Waals surface area contributed by atoms with Crippen molar-refractivity contribution in [2.24, 2.45) is 10.1 Å². The van der Waals surface area contributed by atoms with Crippen molar-refractivity contribution < 1.29 is 8.42 Å². The molecular weight excluding hydrogens is 286 g/mol. The van der Waals surface area contributed by atoms with Crippen molar-refractivity contribution in [3.63, 3.8) is 0 Å². The first-order valence-electron chi connectivity index (χ1n) is 7.54. The molecule has 2 N–H and O–H groups in total. The number of benzene rings is 1. The smallest absolute Gasteiger partial charge is 0.285 e. The fourth-order valence-corrected chi connectivity index (χ4v) is 4.51. The van der Waals surface area contributed by atoms with Crippen LogP contribution >= 0.6 is 0 Å². The summed E-state index contributed by atoms with van der Waals surface area (Å²) >= 11 is 0. The molecule has 1 heterocycles. The molecule has 0 amide bonds. The predicted octanol–water partition coefficient (Wildman–Crippen LogP) is 1.73. The Bertz CT molecular complexity index is 649. The Balaban J connectivity index is 2.00. The van der Waals surface area contributed by atoms with Gasteiger partial charge < -0.3 is 10.6 Å². The highest BCUT2D eigenvalue weighted by Crippen LogP contribution is 2.31. The molecule has 0 saturated heterocycles.